The molecule has 6 heteroatoms. The van der Waals surface area contributed by atoms with E-state index in [1.54, 1.807) is 14.2 Å². The minimum atomic E-state index is 0.00872. The summed E-state index contributed by atoms with van der Waals surface area (Å²) in [7, 11) is 3.29. The monoisotopic (exact) mass is 326 g/mol. The molecule has 23 heavy (non-hydrogen) atoms. The number of ether oxygens (including phenoxy) is 2. The van der Waals surface area contributed by atoms with Gasteiger partial charge in [-0.15, -0.1) is 0 Å². The van der Waals surface area contributed by atoms with E-state index in [-0.39, 0.29) is 23.8 Å². The van der Waals surface area contributed by atoms with Gasteiger partial charge in [0.1, 0.15) is 0 Å². The number of hydrogen-bond acceptors (Lipinski definition) is 4. The molecule has 2 fully saturated rings. The predicted octanol–water partition coefficient (Wildman–Crippen LogP) is 1.14. The Balaban J connectivity index is 1.87. The van der Waals surface area contributed by atoms with Gasteiger partial charge in [0.05, 0.1) is 19.3 Å². The van der Waals surface area contributed by atoms with Crippen molar-refractivity contribution in [2.75, 3.05) is 47.1 Å². The first-order valence-electron chi connectivity index (χ1n) is 8.65. The van der Waals surface area contributed by atoms with Crippen LogP contribution in [0.4, 0.5) is 0 Å². The van der Waals surface area contributed by atoms with E-state index in [0.29, 0.717) is 38.8 Å². The van der Waals surface area contributed by atoms with E-state index in [1.807, 2.05) is 16.7 Å². The molecule has 1 unspecified atom stereocenters. The summed E-state index contributed by atoms with van der Waals surface area (Å²) in [6.45, 7) is 5.06. The molecule has 1 saturated heterocycles. The molecule has 2 aliphatic rings. The molecule has 1 aliphatic heterocycles. The van der Waals surface area contributed by atoms with Crippen LogP contribution in [0.25, 0.3) is 0 Å². The number of hydrogen-bond donors (Lipinski definition) is 0. The van der Waals surface area contributed by atoms with E-state index in [0.717, 1.165) is 25.7 Å². The fraction of sp³-hybridized carbons (Fsp3) is 0.882. The largest absolute Gasteiger partial charge is 0.383 e. The first-order valence-corrected chi connectivity index (χ1v) is 8.65. The topological polar surface area (TPSA) is 59.1 Å². The summed E-state index contributed by atoms with van der Waals surface area (Å²) in [5.41, 5.74) is 0. The van der Waals surface area contributed by atoms with Crippen molar-refractivity contribution in [2.45, 2.75) is 38.6 Å². The molecule has 1 atom stereocenters. The van der Waals surface area contributed by atoms with Crippen LogP contribution in [-0.2, 0) is 19.1 Å². The van der Waals surface area contributed by atoms with E-state index in [4.69, 9.17) is 9.47 Å². The lowest BCUT2D eigenvalue weighted by Gasteiger charge is -2.36. The highest BCUT2D eigenvalue weighted by atomic mass is 16.5. The summed E-state index contributed by atoms with van der Waals surface area (Å²) in [4.78, 5) is 28.8. The number of piperidine rings is 1. The smallest absolute Gasteiger partial charge is 0.226 e. The molecule has 1 heterocycles. The van der Waals surface area contributed by atoms with E-state index in [2.05, 4.69) is 0 Å². The average Bonchev–Trinajstić information content (AvgIpc) is 3.39. The maximum absolute atomic E-state index is 12.9. The van der Waals surface area contributed by atoms with Crippen molar-refractivity contribution in [3.8, 4) is 0 Å². The second-order valence-electron chi connectivity index (χ2n) is 6.70. The van der Waals surface area contributed by atoms with Gasteiger partial charge in [0.2, 0.25) is 11.8 Å². The molecular weight excluding hydrogens is 296 g/mol. The average molecular weight is 326 g/mol. The normalized spacial score (nSPS) is 20.4. The van der Waals surface area contributed by atoms with Crippen LogP contribution in [-0.4, -0.2) is 74.7 Å². The van der Waals surface area contributed by atoms with Gasteiger partial charge in [-0.3, -0.25) is 9.59 Å². The highest BCUT2D eigenvalue weighted by Gasteiger charge is 2.37. The maximum Gasteiger partial charge on any atom is 0.226 e. The minimum absolute atomic E-state index is 0.00872. The number of amides is 2. The predicted molar refractivity (Wildman–Crippen MR) is 87.0 cm³/mol. The Hall–Kier alpha value is -1.14. The van der Waals surface area contributed by atoms with E-state index < -0.39 is 0 Å². The summed E-state index contributed by atoms with van der Waals surface area (Å²) in [5.74, 6) is 0.738. The molecule has 1 aliphatic carbocycles. The quantitative estimate of drug-likeness (QED) is 0.671. The second kappa shape index (κ2) is 8.64. The van der Waals surface area contributed by atoms with E-state index >= 15 is 0 Å². The number of nitrogens with zero attached hydrogens (tertiary/aromatic N) is 2. The summed E-state index contributed by atoms with van der Waals surface area (Å²) in [5, 5.41) is 0. The summed E-state index contributed by atoms with van der Waals surface area (Å²) in [6.07, 6.45) is 3.61. The Labute approximate surface area is 139 Å². The molecule has 0 spiro atoms. The fourth-order valence-corrected chi connectivity index (χ4v) is 3.24. The molecule has 1 saturated carbocycles. The number of rotatable bonds is 8. The van der Waals surface area contributed by atoms with Crippen LogP contribution in [0.2, 0.25) is 0 Å². The van der Waals surface area contributed by atoms with Gasteiger partial charge in [0, 0.05) is 45.7 Å². The van der Waals surface area contributed by atoms with Gasteiger partial charge in [-0.1, -0.05) is 0 Å². The Bertz CT molecular complexity index is 403. The van der Waals surface area contributed by atoms with Gasteiger partial charge in [-0.2, -0.15) is 0 Å². The van der Waals surface area contributed by atoms with Crippen LogP contribution >= 0.6 is 0 Å². The summed E-state index contributed by atoms with van der Waals surface area (Å²) >= 11 is 0. The van der Waals surface area contributed by atoms with Gasteiger partial charge >= 0.3 is 0 Å². The fourth-order valence-electron chi connectivity index (χ4n) is 3.24. The van der Waals surface area contributed by atoms with Gasteiger partial charge in [0.15, 0.2) is 0 Å². The lowest BCUT2D eigenvalue weighted by atomic mass is 9.94. The molecule has 2 rings (SSSR count). The van der Waals surface area contributed by atoms with Gasteiger partial charge in [0.25, 0.3) is 0 Å². The SMILES string of the molecule is COCCN(C(=O)C1CCN(C(=O)C2CC2)CC1)C(C)COC. The van der Waals surface area contributed by atoms with Crippen LogP contribution in [0, 0.1) is 11.8 Å². The van der Waals surface area contributed by atoms with Crippen LogP contribution in [0.1, 0.15) is 32.6 Å². The molecule has 0 aromatic heterocycles. The van der Waals surface area contributed by atoms with Crippen molar-refractivity contribution in [3.05, 3.63) is 0 Å². The minimum Gasteiger partial charge on any atom is -0.383 e. The van der Waals surface area contributed by atoms with Crippen LogP contribution in [0.5, 0.6) is 0 Å². The molecule has 0 N–H and O–H groups in total. The summed E-state index contributed by atoms with van der Waals surface area (Å²) in [6, 6.07) is 0.0359. The highest BCUT2D eigenvalue weighted by Crippen LogP contribution is 2.32. The Morgan fingerprint density at radius 3 is 2.26 bits per heavy atom. The molecule has 0 bridgehead atoms. The van der Waals surface area contributed by atoms with Crippen molar-refractivity contribution < 1.29 is 19.1 Å². The Morgan fingerprint density at radius 1 is 1.09 bits per heavy atom. The van der Waals surface area contributed by atoms with Crippen molar-refractivity contribution in [1.82, 2.24) is 9.80 Å². The van der Waals surface area contributed by atoms with Crippen molar-refractivity contribution in [3.63, 3.8) is 0 Å². The standard InChI is InChI=1S/C17H30N2O4/c1-13(12-23-3)19(10-11-22-2)17(21)15-6-8-18(9-7-15)16(20)14-4-5-14/h13-15H,4-12H2,1-3H3. The number of likely N-dealkylation sites (tertiary alicyclic amines) is 1. The van der Waals surface area contributed by atoms with E-state index in [9.17, 15) is 9.59 Å². The Morgan fingerprint density at radius 2 is 1.74 bits per heavy atom. The molecule has 132 valence electrons. The number of carbonyl (C=O) groups is 2. The molecule has 0 aromatic rings. The highest BCUT2D eigenvalue weighted by molar-refractivity contribution is 5.82. The zero-order valence-electron chi connectivity index (χ0n) is 14.6. The van der Waals surface area contributed by atoms with Crippen molar-refractivity contribution in [2.24, 2.45) is 11.8 Å². The lowest BCUT2D eigenvalue weighted by Crippen LogP contribution is -2.49. The summed E-state index contributed by atoms with van der Waals surface area (Å²) < 4.78 is 10.3. The number of methoxy groups -OCH3 is 2. The van der Waals surface area contributed by atoms with Crippen molar-refractivity contribution >= 4 is 11.8 Å². The molecule has 0 radical (unpaired) electrons. The zero-order valence-corrected chi connectivity index (χ0v) is 14.6. The lowest BCUT2D eigenvalue weighted by molar-refractivity contribution is -0.144. The number of carbonyl (C=O) groups excluding carboxylic acids is 2. The maximum atomic E-state index is 12.9. The van der Waals surface area contributed by atoms with Gasteiger partial charge < -0.3 is 19.3 Å². The molecule has 6 nitrogen and oxygen atoms in total. The van der Waals surface area contributed by atoms with Crippen LogP contribution in [0.15, 0.2) is 0 Å². The second-order valence-corrected chi connectivity index (χ2v) is 6.70. The molecule has 2 amide bonds. The molecule has 0 aromatic carbocycles. The first kappa shape index (κ1) is 18.2. The first-order chi connectivity index (χ1) is 11.1. The molecular formula is C17H30N2O4. The third kappa shape index (κ3) is 4.91. The zero-order chi connectivity index (χ0) is 16.8. The van der Waals surface area contributed by atoms with Gasteiger partial charge in [-0.05, 0) is 32.6 Å². The van der Waals surface area contributed by atoms with Crippen LogP contribution < -0.4 is 0 Å². The van der Waals surface area contributed by atoms with Crippen molar-refractivity contribution in [1.29, 1.82) is 0 Å². The van der Waals surface area contributed by atoms with E-state index in [1.165, 1.54) is 0 Å². The third-order valence-electron chi connectivity index (χ3n) is 4.84. The van der Waals surface area contributed by atoms with Gasteiger partial charge in [-0.25, -0.2) is 0 Å². The third-order valence-corrected chi connectivity index (χ3v) is 4.84. The van der Waals surface area contributed by atoms with Crippen LogP contribution in [0.3, 0.4) is 0 Å². The Kier molecular flexibility index (Phi) is 6.84.